The minimum atomic E-state index is 0.198. The van der Waals surface area contributed by atoms with Crippen LogP contribution in [-0.2, 0) is 12.8 Å². The number of aryl methyl sites for hydroxylation is 2. The van der Waals surface area contributed by atoms with Gasteiger partial charge in [-0.25, -0.2) is 0 Å². The topological polar surface area (TPSA) is 18.5 Å². The molecule has 22 heavy (non-hydrogen) atoms. The van der Waals surface area contributed by atoms with Gasteiger partial charge in [-0.2, -0.15) is 11.5 Å². The minimum Gasteiger partial charge on any atom is -0.497 e. The number of methoxy groups -OCH3 is 2. The van der Waals surface area contributed by atoms with E-state index in [0.717, 1.165) is 37.0 Å². The Morgan fingerprint density at radius 2 is 1.09 bits per heavy atom. The van der Waals surface area contributed by atoms with Gasteiger partial charge in [0.25, 0.3) is 6.13 Å². The highest BCUT2D eigenvalue weighted by atomic mass is 35.5. The first kappa shape index (κ1) is 16.8. The van der Waals surface area contributed by atoms with Crippen LogP contribution in [0.2, 0.25) is 12.6 Å². The second-order valence-electron chi connectivity index (χ2n) is 5.37. The first-order chi connectivity index (χ1) is 10.7. The largest absolute Gasteiger partial charge is 0.497 e. The molecule has 0 aromatic heterocycles. The van der Waals surface area contributed by atoms with Gasteiger partial charge in [-0.1, -0.05) is 36.9 Å². The van der Waals surface area contributed by atoms with Gasteiger partial charge < -0.3 is 9.47 Å². The molecule has 0 fully saturated rings. The minimum absolute atomic E-state index is 0.198. The SMILES string of the molecule is COc1ccc(CCB(Cl)CCc2ccc(OC)cc2)cc1. The number of ether oxygens (including phenoxy) is 2. The normalized spacial score (nSPS) is 10.3. The monoisotopic (exact) mass is 316 g/mol. The Morgan fingerprint density at radius 3 is 1.41 bits per heavy atom. The molecule has 0 saturated heterocycles. The van der Waals surface area contributed by atoms with Crippen molar-refractivity contribution in [2.45, 2.75) is 25.5 Å². The van der Waals surface area contributed by atoms with E-state index in [1.807, 2.05) is 24.3 Å². The highest BCUT2D eigenvalue weighted by Crippen LogP contribution is 2.18. The van der Waals surface area contributed by atoms with Crippen LogP contribution in [0.4, 0.5) is 0 Å². The average Bonchev–Trinajstić information content (AvgIpc) is 2.59. The van der Waals surface area contributed by atoms with Crippen LogP contribution in [0.15, 0.2) is 48.5 Å². The maximum atomic E-state index is 6.45. The summed E-state index contributed by atoms with van der Waals surface area (Å²) in [5, 5.41) is 0. The van der Waals surface area contributed by atoms with Gasteiger partial charge in [0.15, 0.2) is 0 Å². The van der Waals surface area contributed by atoms with Gasteiger partial charge in [0.2, 0.25) is 0 Å². The molecule has 0 N–H and O–H groups in total. The van der Waals surface area contributed by atoms with E-state index in [-0.39, 0.29) is 6.13 Å². The van der Waals surface area contributed by atoms with Gasteiger partial charge >= 0.3 is 0 Å². The van der Waals surface area contributed by atoms with Crippen LogP contribution in [0, 0.1) is 0 Å². The Hall–Kier alpha value is -1.61. The fourth-order valence-electron chi connectivity index (χ4n) is 2.38. The van der Waals surface area contributed by atoms with Crippen molar-refractivity contribution in [1.29, 1.82) is 0 Å². The Kier molecular flexibility index (Phi) is 6.66. The van der Waals surface area contributed by atoms with Gasteiger partial charge in [-0.05, 0) is 48.2 Å². The van der Waals surface area contributed by atoms with E-state index in [1.165, 1.54) is 11.1 Å². The quantitative estimate of drug-likeness (QED) is 0.656. The Bertz CT molecular complexity index is 503. The van der Waals surface area contributed by atoms with E-state index in [0.29, 0.717) is 0 Å². The van der Waals surface area contributed by atoms with Crippen LogP contribution < -0.4 is 9.47 Å². The highest BCUT2D eigenvalue weighted by molar-refractivity contribution is 7.06. The maximum absolute atomic E-state index is 6.45. The summed E-state index contributed by atoms with van der Waals surface area (Å²) in [6, 6.07) is 16.4. The van der Waals surface area contributed by atoms with E-state index >= 15 is 0 Å². The molecule has 2 rings (SSSR count). The van der Waals surface area contributed by atoms with Gasteiger partial charge in [0.1, 0.15) is 11.5 Å². The fraction of sp³-hybridized carbons (Fsp3) is 0.333. The summed E-state index contributed by atoms with van der Waals surface area (Å²) >= 11 is 6.45. The molecule has 0 unspecified atom stereocenters. The van der Waals surface area contributed by atoms with Crippen molar-refractivity contribution in [2.24, 2.45) is 0 Å². The van der Waals surface area contributed by atoms with Crippen molar-refractivity contribution >= 4 is 17.6 Å². The molecule has 0 spiro atoms. The fourth-order valence-corrected chi connectivity index (χ4v) is 2.59. The number of benzene rings is 2. The lowest BCUT2D eigenvalue weighted by atomic mass is 9.66. The summed E-state index contributed by atoms with van der Waals surface area (Å²) in [4.78, 5) is 0. The molecule has 0 radical (unpaired) electrons. The second kappa shape index (κ2) is 8.74. The maximum Gasteiger partial charge on any atom is 0.251 e. The Labute approximate surface area is 138 Å². The first-order valence-corrected chi connectivity index (χ1v) is 8.05. The molecule has 0 aliphatic rings. The van der Waals surface area contributed by atoms with E-state index < -0.39 is 0 Å². The summed E-state index contributed by atoms with van der Waals surface area (Å²) in [5.74, 6) is 1.79. The molecule has 0 bridgehead atoms. The van der Waals surface area contributed by atoms with Crippen molar-refractivity contribution in [3.63, 3.8) is 0 Å². The van der Waals surface area contributed by atoms with Crippen molar-refractivity contribution in [3.05, 3.63) is 59.7 Å². The number of halogens is 1. The zero-order valence-corrected chi connectivity index (χ0v) is 14.0. The predicted molar refractivity (Wildman–Crippen MR) is 94.6 cm³/mol. The molecular weight excluding hydrogens is 294 g/mol. The van der Waals surface area contributed by atoms with Crippen LogP contribution in [0.25, 0.3) is 0 Å². The second-order valence-corrected chi connectivity index (χ2v) is 5.99. The molecule has 0 heterocycles. The summed E-state index contributed by atoms with van der Waals surface area (Å²) in [7, 11) is 3.37. The lowest BCUT2D eigenvalue weighted by Gasteiger charge is -2.08. The summed E-state index contributed by atoms with van der Waals surface area (Å²) < 4.78 is 10.3. The highest BCUT2D eigenvalue weighted by Gasteiger charge is 2.11. The van der Waals surface area contributed by atoms with Crippen LogP contribution in [0.5, 0.6) is 11.5 Å². The third-order valence-corrected chi connectivity index (χ3v) is 4.25. The standard InChI is InChI=1S/C18H22BClO2/c1-21-17-7-3-15(4-8-17)11-13-19(20)14-12-16-5-9-18(22-2)10-6-16/h3-10H,11-14H2,1-2H3. The zero-order chi connectivity index (χ0) is 15.8. The Morgan fingerprint density at radius 1 is 0.727 bits per heavy atom. The number of hydrogen-bond donors (Lipinski definition) is 0. The van der Waals surface area contributed by atoms with Gasteiger partial charge in [0, 0.05) is 0 Å². The molecule has 0 aliphatic carbocycles. The molecule has 116 valence electrons. The number of hydrogen-bond acceptors (Lipinski definition) is 2. The lowest BCUT2D eigenvalue weighted by molar-refractivity contribution is 0.414. The summed E-state index contributed by atoms with van der Waals surface area (Å²) in [6.07, 6.45) is 4.18. The molecule has 4 heteroatoms. The Balaban J connectivity index is 1.73. The summed E-state index contributed by atoms with van der Waals surface area (Å²) in [6.45, 7) is 0. The molecule has 0 atom stereocenters. The number of rotatable bonds is 8. The third kappa shape index (κ3) is 5.30. The molecule has 0 aliphatic heterocycles. The molecular formula is C18H22BClO2. The lowest BCUT2D eigenvalue weighted by Crippen LogP contribution is -2.06. The van der Waals surface area contributed by atoms with Gasteiger partial charge in [-0.15, -0.1) is 0 Å². The summed E-state index contributed by atoms with van der Waals surface area (Å²) in [5.41, 5.74) is 2.60. The zero-order valence-electron chi connectivity index (χ0n) is 13.2. The molecule has 2 nitrogen and oxygen atoms in total. The van der Waals surface area contributed by atoms with E-state index in [9.17, 15) is 0 Å². The van der Waals surface area contributed by atoms with E-state index in [1.54, 1.807) is 14.2 Å². The van der Waals surface area contributed by atoms with Crippen LogP contribution in [0.1, 0.15) is 11.1 Å². The average molecular weight is 317 g/mol. The van der Waals surface area contributed by atoms with Gasteiger partial charge in [-0.3, -0.25) is 0 Å². The predicted octanol–water partition coefficient (Wildman–Crippen LogP) is 4.72. The molecule has 0 saturated carbocycles. The first-order valence-electron chi connectivity index (χ1n) is 7.61. The van der Waals surface area contributed by atoms with E-state index in [4.69, 9.17) is 20.9 Å². The van der Waals surface area contributed by atoms with Crippen molar-refractivity contribution in [2.75, 3.05) is 14.2 Å². The smallest absolute Gasteiger partial charge is 0.251 e. The molecule has 2 aromatic rings. The van der Waals surface area contributed by atoms with Crippen molar-refractivity contribution in [3.8, 4) is 11.5 Å². The van der Waals surface area contributed by atoms with Crippen LogP contribution in [0.3, 0.4) is 0 Å². The third-order valence-electron chi connectivity index (χ3n) is 3.81. The molecule has 0 amide bonds. The van der Waals surface area contributed by atoms with Crippen LogP contribution >= 0.6 is 11.5 Å². The van der Waals surface area contributed by atoms with Crippen molar-refractivity contribution < 1.29 is 9.47 Å². The van der Waals surface area contributed by atoms with Gasteiger partial charge in [0.05, 0.1) is 14.2 Å². The van der Waals surface area contributed by atoms with E-state index in [2.05, 4.69) is 24.3 Å². The van der Waals surface area contributed by atoms with Crippen molar-refractivity contribution in [1.82, 2.24) is 0 Å². The molecule has 2 aromatic carbocycles. The van der Waals surface area contributed by atoms with Crippen LogP contribution in [-0.4, -0.2) is 20.3 Å².